The first-order valence-electron chi connectivity index (χ1n) is 7.02. The highest BCUT2D eigenvalue weighted by Crippen LogP contribution is 2.37. The van der Waals surface area contributed by atoms with Gasteiger partial charge in [-0.3, -0.25) is 5.41 Å². The summed E-state index contributed by atoms with van der Waals surface area (Å²) in [4.78, 5) is 2.42. The van der Waals surface area contributed by atoms with Crippen LogP contribution in [-0.2, 0) is 0 Å². The minimum atomic E-state index is 0.106. The molecule has 2 aliphatic rings. The van der Waals surface area contributed by atoms with Crippen molar-refractivity contribution in [2.24, 2.45) is 17.6 Å². The number of hydrogen-bond donors (Lipinski definition) is 2. The van der Waals surface area contributed by atoms with E-state index in [-0.39, 0.29) is 5.84 Å². The second-order valence-electron chi connectivity index (χ2n) is 5.87. The number of nitrogens with two attached hydrogens (primary N) is 1. The zero-order valence-electron chi connectivity index (χ0n) is 11.0. The van der Waals surface area contributed by atoms with Gasteiger partial charge in [0.25, 0.3) is 0 Å². The van der Waals surface area contributed by atoms with Crippen LogP contribution >= 0.6 is 11.6 Å². The molecule has 0 saturated heterocycles. The molecule has 0 amide bonds. The van der Waals surface area contributed by atoms with E-state index in [2.05, 4.69) is 4.90 Å². The van der Waals surface area contributed by atoms with Crippen molar-refractivity contribution >= 4 is 23.1 Å². The van der Waals surface area contributed by atoms with E-state index in [1.54, 1.807) is 0 Å². The summed E-state index contributed by atoms with van der Waals surface area (Å²) in [5, 5.41) is 8.40. The Balaban J connectivity index is 1.88. The number of anilines is 1. The fraction of sp³-hybridized carbons (Fsp3) is 0.533. The van der Waals surface area contributed by atoms with Crippen molar-refractivity contribution in [1.82, 2.24) is 0 Å². The summed E-state index contributed by atoms with van der Waals surface area (Å²) in [7, 11) is 0. The van der Waals surface area contributed by atoms with Crippen LogP contribution in [0.2, 0.25) is 5.02 Å². The van der Waals surface area contributed by atoms with Gasteiger partial charge in [-0.15, -0.1) is 0 Å². The van der Waals surface area contributed by atoms with Crippen molar-refractivity contribution in [3.8, 4) is 0 Å². The van der Waals surface area contributed by atoms with Crippen molar-refractivity contribution in [3.05, 3.63) is 28.8 Å². The van der Waals surface area contributed by atoms with Gasteiger partial charge < -0.3 is 10.6 Å². The summed E-state index contributed by atoms with van der Waals surface area (Å²) < 4.78 is 0. The molecule has 2 fully saturated rings. The monoisotopic (exact) mass is 277 g/mol. The summed E-state index contributed by atoms with van der Waals surface area (Å²) in [6.07, 6.45) is 5.35. The summed E-state index contributed by atoms with van der Waals surface area (Å²) in [5.74, 6) is 1.76. The average molecular weight is 278 g/mol. The van der Waals surface area contributed by atoms with Crippen molar-refractivity contribution in [2.45, 2.75) is 25.7 Å². The van der Waals surface area contributed by atoms with E-state index in [4.69, 9.17) is 22.7 Å². The van der Waals surface area contributed by atoms with Gasteiger partial charge >= 0.3 is 0 Å². The van der Waals surface area contributed by atoms with E-state index in [1.807, 2.05) is 18.2 Å². The average Bonchev–Trinajstić information content (AvgIpc) is 3.23. The van der Waals surface area contributed by atoms with Gasteiger partial charge in [0, 0.05) is 29.4 Å². The first-order valence-corrected chi connectivity index (χ1v) is 7.40. The fourth-order valence-electron chi connectivity index (χ4n) is 2.50. The molecule has 0 radical (unpaired) electrons. The molecule has 4 heteroatoms. The molecule has 3 rings (SSSR count). The van der Waals surface area contributed by atoms with E-state index in [0.717, 1.165) is 36.2 Å². The molecule has 0 bridgehead atoms. The lowest BCUT2D eigenvalue weighted by molar-refractivity contribution is 0.679. The maximum atomic E-state index is 7.75. The smallest absolute Gasteiger partial charge is 0.124 e. The topological polar surface area (TPSA) is 53.1 Å². The minimum absolute atomic E-state index is 0.106. The van der Waals surface area contributed by atoms with Gasteiger partial charge in [-0.2, -0.15) is 0 Å². The minimum Gasteiger partial charge on any atom is -0.384 e. The van der Waals surface area contributed by atoms with Crippen LogP contribution in [-0.4, -0.2) is 18.9 Å². The Kier molecular flexibility index (Phi) is 3.40. The SMILES string of the molecule is N=C(N)c1cc(Cl)ccc1N(CC1CC1)CC1CC1. The third-order valence-electron chi connectivity index (χ3n) is 3.94. The van der Waals surface area contributed by atoms with E-state index in [0.29, 0.717) is 5.02 Å². The first-order chi connectivity index (χ1) is 9.13. The Bertz CT molecular complexity index is 478. The molecule has 0 atom stereocenters. The standard InChI is InChI=1S/C15H20ClN3/c16-12-5-6-14(13(7-12)15(17)18)19(8-10-1-2-10)9-11-3-4-11/h5-7,10-11H,1-4,8-9H2,(H3,17,18). The summed E-state index contributed by atoms with van der Waals surface area (Å²) in [5.41, 5.74) is 7.56. The van der Waals surface area contributed by atoms with Crippen molar-refractivity contribution in [2.75, 3.05) is 18.0 Å². The number of nitrogens with zero attached hydrogens (tertiary/aromatic N) is 1. The molecule has 0 heterocycles. The predicted octanol–water partition coefficient (Wildman–Crippen LogP) is 3.25. The molecular formula is C15H20ClN3. The molecule has 2 saturated carbocycles. The third kappa shape index (κ3) is 3.21. The zero-order valence-corrected chi connectivity index (χ0v) is 11.8. The van der Waals surface area contributed by atoms with Gasteiger partial charge in [-0.05, 0) is 55.7 Å². The number of hydrogen-bond acceptors (Lipinski definition) is 2. The van der Waals surface area contributed by atoms with Crippen molar-refractivity contribution in [3.63, 3.8) is 0 Å². The van der Waals surface area contributed by atoms with Gasteiger partial charge in [-0.25, -0.2) is 0 Å². The van der Waals surface area contributed by atoms with Crippen LogP contribution in [0.15, 0.2) is 18.2 Å². The van der Waals surface area contributed by atoms with Crippen LogP contribution in [0.25, 0.3) is 0 Å². The van der Waals surface area contributed by atoms with Crippen LogP contribution in [0.3, 0.4) is 0 Å². The quantitative estimate of drug-likeness (QED) is 0.619. The molecule has 1 aromatic carbocycles. The largest absolute Gasteiger partial charge is 0.384 e. The van der Waals surface area contributed by atoms with Crippen molar-refractivity contribution < 1.29 is 0 Å². The summed E-state index contributed by atoms with van der Waals surface area (Å²) >= 11 is 6.03. The Morgan fingerprint density at radius 2 is 1.79 bits per heavy atom. The number of halogens is 1. The molecule has 0 aliphatic heterocycles. The number of nitrogen functional groups attached to an aromatic ring is 1. The maximum Gasteiger partial charge on any atom is 0.124 e. The third-order valence-corrected chi connectivity index (χ3v) is 4.18. The van der Waals surface area contributed by atoms with Gasteiger partial charge in [0.2, 0.25) is 0 Å². The van der Waals surface area contributed by atoms with Gasteiger partial charge in [0.1, 0.15) is 5.84 Å². The number of rotatable bonds is 6. The van der Waals surface area contributed by atoms with Gasteiger partial charge in [0.05, 0.1) is 0 Å². The molecule has 19 heavy (non-hydrogen) atoms. The molecule has 0 spiro atoms. The van der Waals surface area contributed by atoms with Crippen LogP contribution in [0.5, 0.6) is 0 Å². The molecule has 0 aromatic heterocycles. The Morgan fingerprint density at radius 3 is 2.26 bits per heavy atom. The molecule has 1 aromatic rings. The van der Waals surface area contributed by atoms with E-state index in [9.17, 15) is 0 Å². The van der Waals surface area contributed by atoms with Gasteiger partial charge in [0.15, 0.2) is 0 Å². The van der Waals surface area contributed by atoms with E-state index >= 15 is 0 Å². The second-order valence-corrected chi connectivity index (χ2v) is 6.30. The summed E-state index contributed by atoms with van der Waals surface area (Å²) in [6.45, 7) is 2.19. The fourth-order valence-corrected chi connectivity index (χ4v) is 2.67. The molecule has 2 aliphatic carbocycles. The van der Waals surface area contributed by atoms with E-state index < -0.39 is 0 Å². The Labute approximate surface area is 119 Å². The van der Waals surface area contributed by atoms with Crippen molar-refractivity contribution in [1.29, 1.82) is 5.41 Å². The zero-order chi connectivity index (χ0) is 13.4. The molecule has 0 unspecified atom stereocenters. The van der Waals surface area contributed by atoms with Gasteiger partial charge in [-0.1, -0.05) is 11.6 Å². The molecule has 102 valence electrons. The number of benzene rings is 1. The highest BCUT2D eigenvalue weighted by atomic mass is 35.5. The normalized spacial score (nSPS) is 18.4. The van der Waals surface area contributed by atoms with E-state index in [1.165, 1.54) is 25.7 Å². The molecular weight excluding hydrogens is 258 g/mol. The lowest BCUT2D eigenvalue weighted by Gasteiger charge is -2.27. The highest BCUT2D eigenvalue weighted by molar-refractivity contribution is 6.31. The molecule has 3 N–H and O–H groups in total. The summed E-state index contributed by atoms with van der Waals surface area (Å²) in [6, 6.07) is 5.73. The first kappa shape index (κ1) is 12.8. The second kappa shape index (κ2) is 5.04. The Morgan fingerprint density at radius 1 is 1.21 bits per heavy atom. The van der Waals surface area contributed by atoms with Crippen LogP contribution in [0.4, 0.5) is 5.69 Å². The number of amidine groups is 1. The number of nitrogens with one attached hydrogen (secondary N) is 1. The lowest BCUT2D eigenvalue weighted by atomic mass is 10.1. The van der Waals surface area contributed by atoms with Crippen LogP contribution < -0.4 is 10.6 Å². The molecule has 3 nitrogen and oxygen atoms in total. The van der Waals surface area contributed by atoms with Crippen LogP contribution in [0.1, 0.15) is 31.2 Å². The highest BCUT2D eigenvalue weighted by Gasteiger charge is 2.30. The van der Waals surface area contributed by atoms with Crippen LogP contribution in [0, 0.1) is 17.2 Å². The maximum absolute atomic E-state index is 7.75. The Hall–Kier alpha value is -1.22. The predicted molar refractivity (Wildman–Crippen MR) is 80.1 cm³/mol. The lowest BCUT2D eigenvalue weighted by Crippen LogP contribution is -2.30.